The lowest BCUT2D eigenvalue weighted by Gasteiger charge is -2.07. The lowest BCUT2D eigenvalue weighted by molar-refractivity contribution is 0.304. The van der Waals surface area contributed by atoms with Gasteiger partial charge in [-0.25, -0.2) is 0 Å². The quantitative estimate of drug-likeness (QED) is 0.871. The van der Waals surface area contributed by atoms with E-state index in [0.29, 0.717) is 17.9 Å². The van der Waals surface area contributed by atoms with Crippen LogP contribution in [0.3, 0.4) is 0 Å². The summed E-state index contributed by atoms with van der Waals surface area (Å²) in [5.41, 5.74) is 1.54. The molecule has 0 unspecified atom stereocenters. The number of hydrogen-bond acceptors (Lipinski definition) is 3. The van der Waals surface area contributed by atoms with Crippen LogP contribution in [0.4, 0.5) is 0 Å². The van der Waals surface area contributed by atoms with Gasteiger partial charge in [0.25, 0.3) is 0 Å². The van der Waals surface area contributed by atoms with E-state index in [4.69, 9.17) is 10.00 Å². The Morgan fingerprint density at radius 1 is 1.24 bits per heavy atom. The minimum atomic E-state index is 0.424. The fourth-order valence-electron chi connectivity index (χ4n) is 1.33. The topological polar surface area (TPSA) is 45.9 Å². The Hall–Kier alpha value is -1.86. The van der Waals surface area contributed by atoms with Crippen molar-refractivity contribution in [3.63, 3.8) is 0 Å². The standard InChI is InChI=1S/C13H9BrN2O/c14-12-3-1-10(2-4-12)9-17-13-8-16-6-5-11(13)7-15/h1-6,8H,9H2. The van der Waals surface area contributed by atoms with Crippen molar-refractivity contribution in [2.45, 2.75) is 6.61 Å². The molecule has 0 spiro atoms. The van der Waals surface area contributed by atoms with Crippen LogP contribution < -0.4 is 4.74 Å². The second-order valence-corrected chi connectivity index (χ2v) is 4.31. The summed E-state index contributed by atoms with van der Waals surface area (Å²) in [6.07, 6.45) is 3.13. The molecule has 0 radical (unpaired) electrons. The Morgan fingerprint density at radius 2 is 2.00 bits per heavy atom. The van der Waals surface area contributed by atoms with Crippen LogP contribution in [0.25, 0.3) is 0 Å². The van der Waals surface area contributed by atoms with Crippen molar-refractivity contribution in [3.05, 3.63) is 58.3 Å². The van der Waals surface area contributed by atoms with Gasteiger partial charge in [0, 0.05) is 10.7 Å². The predicted molar refractivity (Wildman–Crippen MR) is 67.4 cm³/mol. The Bertz CT molecular complexity index is 546. The molecule has 0 fully saturated rings. The molecule has 2 aromatic rings. The molecule has 0 aliphatic rings. The number of pyridine rings is 1. The minimum Gasteiger partial charge on any atom is -0.486 e. The first kappa shape index (κ1) is 11.6. The largest absolute Gasteiger partial charge is 0.486 e. The van der Waals surface area contributed by atoms with Crippen LogP contribution in [0.1, 0.15) is 11.1 Å². The number of halogens is 1. The highest BCUT2D eigenvalue weighted by atomic mass is 79.9. The Kier molecular flexibility index (Phi) is 3.73. The molecule has 2 rings (SSSR count). The van der Waals surface area contributed by atoms with E-state index < -0.39 is 0 Å². The number of aromatic nitrogens is 1. The van der Waals surface area contributed by atoms with Crippen molar-refractivity contribution in [3.8, 4) is 11.8 Å². The summed E-state index contributed by atoms with van der Waals surface area (Å²) in [5, 5.41) is 8.89. The number of nitriles is 1. The van der Waals surface area contributed by atoms with Crippen molar-refractivity contribution >= 4 is 15.9 Å². The number of benzene rings is 1. The third-order valence-electron chi connectivity index (χ3n) is 2.21. The first-order valence-corrected chi connectivity index (χ1v) is 5.80. The molecule has 0 atom stereocenters. The average Bonchev–Trinajstić information content (AvgIpc) is 2.38. The molecule has 0 bridgehead atoms. The van der Waals surface area contributed by atoms with E-state index in [1.807, 2.05) is 24.3 Å². The second-order valence-electron chi connectivity index (χ2n) is 3.40. The van der Waals surface area contributed by atoms with E-state index >= 15 is 0 Å². The monoisotopic (exact) mass is 288 g/mol. The van der Waals surface area contributed by atoms with Crippen molar-refractivity contribution in [1.29, 1.82) is 5.26 Å². The third kappa shape index (κ3) is 3.05. The summed E-state index contributed by atoms with van der Waals surface area (Å²) in [5.74, 6) is 0.512. The van der Waals surface area contributed by atoms with Gasteiger partial charge in [-0.3, -0.25) is 4.98 Å². The van der Waals surface area contributed by atoms with E-state index in [1.54, 1.807) is 18.5 Å². The summed E-state index contributed by atoms with van der Waals surface area (Å²) in [6, 6.07) is 11.5. The van der Waals surface area contributed by atoms with Crippen molar-refractivity contribution < 1.29 is 4.74 Å². The zero-order chi connectivity index (χ0) is 12.1. The van der Waals surface area contributed by atoms with E-state index in [-0.39, 0.29) is 0 Å². The molecule has 0 saturated heterocycles. The van der Waals surface area contributed by atoms with Gasteiger partial charge in [0.2, 0.25) is 0 Å². The molecule has 3 nitrogen and oxygen atoms in total. The van der Waals surface area contributed by atoms with Gasteiger partial charge in [0.05, 0.1) is 11.8 Å². The maximum absolute atomic E-state index is 8.89. The van der Waals surface area contributed by atoms with Crippen molar-refractivity contribution in [2.24, 2.45) is 0 Å². The molecule has 0 saturated carbocycles. The zero-order valence-electron chi connectivity index (χ0n) is 8.93. The Labute approximate surface area is 108 Å². The van der Waals surface area contributed by atoms with Crippen LogP contribution >= 0.6 is 15.9 Å². The van der Waals surface area contributed by atoms with E-state index in [9.17, 15) is 0 Å². The van der Waals surface area contributed by atoms with Gasteiger partial charge < -0.3 is 4.74 Å². The van der Waals surface area contributed by atoms with E-state index in [1.165, 1.54) is 0 Å². The summed E-state index contributed by atoms with van der Waals surface area (Å²) in [6.45, 7) is 0.424. The summed E-state index contributed by atoms with van der Waals surface area (Å²) >= 11 is 3.37. The molecule has 0 aliphatic heterocycles. The fraction of sp³-hybridized carbons (Fsp3) is 0.0769. The summed E-state index contributed by atoms with van der Waals surface area (Å²) in [4.78, 5) is 3.94. The molecule has 4 heteroatoms. The normalized spacial score (nSPS) is 9.65. The van der Waals surface area contributed by atoms with Crippen molar-refractivity contribution in [1.82, 2.24) is 4.98 Å². The first-order chi connectivity index (χ1) is 8.29. The van der Waals surface area contributed by atoms with E-state index in [2.05, 4.69) is 27.0 Å². The van der Waals surface area contributed by atoms with Gasteiger partial charge in [-0.2, -0.15) is 5.26 Å². The lowest BCUT2D eigenvalue weighted by atomic mass is 10.2. The molecule has 0 N–H and O–H groups in total. The molecule has 1 aromatic carbocycles. The van der Waals surface area contributed by atoms with Crippen LogP contribution in [0, 0.1) is 11.3 Å². The van der Waals surface area contributed by atoms with Gasteiger partial charge in [-0.15, -0.1) is 0 Å². The van der Waals surface area contributed by atoms with Gasteiger partial charge in [-0.05, 0) is 23.8 Å². The van der Waals surface area contributed by atoms with Crippen LogP contribution in [-0.2, 0) is 6.61 Å². The van der Waals surface area contributed by atoms with Crippen LogP contribution in [0.15, 0.2) is 47.2 Å². The number of nitrogens with zero attached hydrogens (tertiary/aromatic N) is 2. The predicted octanol–water partition coefficient (Wildman–Crippen LogP) is 3.29. The molecule has 17 heavy (non-hydrogen) atoms. The summed E-state index contributed by atoms with van der Waals surface area (Å²) < 4.78 is 6.58. The third-order valence-corrected chi connectivity index (χ3v) is 2.74. The first-order valence-electron chi connectivity index (χ1n) is 5.01. The smallest absolute Gasteiger partial charge is 0.155 e. The molecule has 1 aromatic heterocycles. The number of ether oxygens (including phenoxy) is 1. The van der Waals surface area contributed by atoms with Crippen molar-refractivity contribution in [2.75, 3.05) is 0 Å². The van der Waals surface area contributed by atoms with E-state index in [0.717, 1.165) is 10.0 Å². The summed E-state index contributed by atoms with van der Waals surface area (Å²) in [7, 11) is 0. The highest BCUT2D eigenvalue weighted by Gasteiger charge is 2.02. The highest BCUT2D eigenvalue weighted by Crippen LogP contribution is 2.17. The van der Waals surface area contributed by atoms with Crippen LogP contribution in [0.2, 0.25) is 0 Å². The highest BCUT2D eigenvalue weighted by molar-refractivity contribution is 9.10. The number of rotatable bonds is 3. The maximum Gasteiger partial charge on any atom is 0.155 e. The minimum absolute atomic E-state index is 0.424. The Morgan fingerprint density at radius 3 is 2.71 bits per heavy atom. The fourth-order valence-corrected chi connectivity index (χ4v) is 1.59. The molecule has 1 heterocycles. The SMILES string of the molecule is N#Cc1ccncc1OCc1ccc(Br)cc1. The second kappa shape index (κ2) is 5.46. The number of hydrogen-bond donors (Lipinski definition) is 0. The molecule has 0 aliphatic carbocycles. The van der Waals surface area contributed by atoms with Gasteiger partial charge >= 0.3 is 0 Å². The lowest BCUT2D eigenvalue weighted by Crippen LogP contribution is -1.97. The molecular formula is C13H9BrN2O. The molecule has 84 valence electrons. The zero-order valence-corrected chi connectivity index (χ0v) is 10.5. The Balaban J connectivity index is 2.08. The maximum atomic E-state index is 8.89. The molecular weight excluding hydrogens is 280 g/mol. The van der Waals surface area contributed by atoms with Crippen LogP contribution in [0.5, 0.6) is 5.75 Å². The molecule has 0 amide bonds. The van der Waals surface area contributed by atoms with Gasteiger partial charge in [0.15, 0.2) is 5.75 Å². The van der Waals surface area contributed by atoms with Crippen LogP contribution in [-0.4, -0.2) is 4.98 Å². The van der Waals surface area contributed by atoms with Gasteiger partial charge in [0.1, 0.15) is 12.7 Å². The van der Waals surface area contributed by atoms with Gasteiger partial charge in [-0.1, -0.05) is 28.1 Å². The average molecular weight is 289 g/mol.